The fourth-order valence-corrected chi connectivity index (χ4v) is 9.47. The van der Waals surface area contributed by atoms with Gasteiger partial charge in [-0.05, 0) is 47.9 Å². The maximum Gasteiger partial charge on any atom is 0.248 e. The summed E-state index contributed by atoms with van der Waals surface area (Å²) >= 11 is 3.04. The van der Waals surface area contributed by atoms with Gasteiger partial charge in [-0.2, -0.15) is 0 Å². The third kappa shape index (κ3) is 7.51. The lowest BCUT2D eigenvalue weighted by Crippen LogP contribution is -2.52. The predicted octanol–water partition coefficient (Wildman–Crippen LogP) is 3.19. The van der Waals surface area contributed by atoms with Crippen LogP contribution in [0.2, 0.25) is 0 Å². The number of nitrogens with one attached hydrogen (secondary N) is 3. The van der Waals surface area contributed by atoms with Crippen LogP contribution >= 0.6 is 23.1 Å². The molecular weight excluding hydrogens is 661 g/mol. The van der Waals surface area contributed by atoms with Gasteiger partial charge in [0.1, 0.15) is 27.9 Å². The van der Waals surface area contributed by atoms with Crippen LogP contribution in [0.25, 0.3) is 10.2 Å². The fourth-order valence-electron chi connectivity index (χ4n) is 7.38. The largest absolute Gasteiger partial charge is 0.508 e. The monoisotopic (exact) mass is 700 g/mol. The number of aliphatic imine (C=N–C) groups is 1. The van der Waals surface area contributed by atoms with Crippen LogP contribution in [0.1, 0.15) is 36.0 Å². The highest BCUT2D eigenvalue weighted by atomic mass is 32.2. The number of aromatic hydroxyl groups is 1. The van der Waals surface area contributed by atoms with Crippen LogP contribution in [-0.2, 0) is 27.3 Å². The molecule has 0 saturated carbocycles. The van der Waals surface area contributed by atoms with E-state index < -0.39 is 12.1 Å². The van der Waals surface area contributed by atoms with E-state index in [9.17, 15) is 19.5 Å². The first-order valence-corrected chi connectivity index (χ1v) is 18.4. The number of thiazole rings is 1. The van der Waals surface area contributed by atoms with Crippen LogP contribution in [0.5, 0.6) is 5.75 Å². The first-order valence-electron chi connectivity index (χ1n) is 16.6. The van der Waals surface area contributed by atoms with Gasteiger partial charge in [-0.15, -0.1) is 23.1 Å². The molecule has 12 nitrogen and oxygen atoms in total. The van der Waals surface area contributed by atoms with Crippen molar-refractivity contribution in [3.63, 3.8) is 0 Å². The number of fused-ring (bicyclic) bond motifs is 1. The van der Waals surface area contributed by atoms with E-state index >= 15 is 0 Å². The second kappa shape index (κ2) is 14.3. The van der Waals surface area contributed by atoms with Crippen molar-refractivity contribution in [1.82, 2.24) is 35.4 Å². The highest BCUT2D eigenvalue weighted by Crippen LogP contribution is 2.45. The molecule has 3 aliphatic rings. The van der Waals surface area contributed by atoms with Gasteiger partial charge >= 0.3 is 0 Å². The molecule has 2 fully saturated rings. The number of hydrogen-bond acceptors (Lipinski definition) is 10. The number of piperidine rings is 1. The Morgan fingerprint density at radius 2 is 1.96 bits per heavy atom. The maximum atomic E-state index is 13.7. The van der Waals surface area contributed by atoms with Crippen molar-refractivity contribution in [3.05, 3.63) is 77.3 Å². The topological polar surface area (TPSA) is 156 Å². The van der Waals surface area contributed by atoms with Crippen molar-refractivity contribution in [2.24, 2.45) is 16.3 Å². The number of imidazole rings is 1. The zero-order valence-electron chi connectivity index (χ0n) is 27.3. The van der Waals surface area contributed by atoms with E-state index in [-0.39, 0.29) is 34.8 Å². The summed E-state index contributed by atoms with van der Waals surface area (Å²) in [7, 11) is 0. The van der Waals surface area contributed by atoms with Gasteiger partial charge in [0, 0.05) is 70.3 Å². The number of aromatic amines is 1. The van der Waals surface area contributed by atoms with Crippen LogP contribution in [0, 0.1) is 11.3 Å². The van der Waals surface area contributed by atoms with Crippen molar-refractivity contribution in [1.29, 1.82) is 0 Å². The molecule has 0 bridgehead atoms. The second-order valence-electron chi connectivity index (χ2n) is 13.3. The fraction of sp³-hybridized carbons (Fsp3) is 0.429. The van der Waals surface area contributed by atoms with Gasteiger partial charge in [-0.25, -0.2) is 9.97 Å². The molecule has 0 aliphatic carbocycles. The normalized spacial score (nSPS) is 21.2. The molecule has 49 heavy (non-hydrogen) atoms. The molecule has 2 aromatic carbocycles. The zero-order valence-corrected chi connectivity index (χ0v) is 28.9. The quantitative estimate of drug-likeness (QED) is 0.197. The number of hydrogen-bond donors (Lipinski definition) is 4. The Kier molecular flexibility index (Phi) is 9.70. The van der Waals surface area contributed by atoms with Gasteiger partial charge in [0.2, 0.25) is 17.7 Å². The van der Waals surface area contributed by atoms with Crippen molar-refractivity contribution >= 4 is 56.1 Å². The lowest BCUT2D eigenvalue weighted by molar-refractivity contribution is -0.134. The molecule has 256 valence electrons. The predicted molar refractivity (Wildman–Crippen MR) is 190 cm³/mol. The highest BCUT2D eigenvalue weighted by Gasteiger charge is 2.49. The molecule has 14 heteroatoms. The summed E-state index contributed by atoms with van der Waals surface area (Å²) in [5.41, 5.74) is 2.77. The summed E-state index contributed by atoms with van der Waals surface area (Å²) < 4.78 is 0.890. The number of benzene rings is 2. The van der Waals surface area contributed by atoms with Gasteiger partial charge in [0.25, 0.3) is 0 Å². The number of carbonyl (C=O) groups excluding carboxylic acids is 3. The molecule has 5 heterocycles. The lowest BCUT2D eigenvalue weighted by atomic mass is 9.70. The Morgan fingerprint density at radius 3 is 2.71 bits per heavy atom. The standard InChI is InChI=1S/C35H40N8O4S2/c1-22(44)39-28(13-25-16-36-21-38-25)31(46)37-15-24-18-42(17-23-5-3-2-4-6-23)20-35(24)9-11-43(12-10-35)34(47)29-19-48-32(41-29)33-40-27-8-7-26(45)14-30(27)49-33/h2-8,14,16,21,24,28-29,45H,9-13,15,17-20H2,1H3,(H,36,38)(H,37,46)(H,39,44)/t24?,28-,29+/m1/s1. The SMILES string of the molecule is CC(=O)N[C@H](Cc1cnc[nH]1)C(=O)NCC1CN(Cc2ccccc2)CC12CCN(C(=O)[C@@H]1CSC(c3nc4ccc(O)cc4s3)=N1)CC2. The molecule has 2 aromatic heterocycles. The van der Waals surface area contributed by atoms with E-state index in [1.165, 1.54) is 23.8 Å². The number of H-pyrrole nitrogens is 1. The molecule has 1 unspecified atom stereocenters. The average molecular weight is 701 g/mol. The second-order valence-corrected chi connectivity index (χ2v) is 15.3. The molecular formula is C35H40N8O4S2. The van der Waals surface area contributed by atoms with Crippen LogP contribution in [0.3, 0.4) is 0 Å². The number of nitrogens with zero attached hydrogens (tertiary/aromatic N) is 5. The summed E-state index contributed by atoms with van der Waals surface area (Å²) in [4.78, 5) is 60.1. The van der Waals surface area contributed by atoms with Gasteiger partial charge in [0.05, 0.1) is 16.5 Å². The smallest absolute Gasteiger partial charge is 0.248 e. The van der Waals surface area contributed by atoms with Gasteiger partial charge in [-0.1, -0.05) is 30.3 Å². The van der Waals surface area contributed by atoms with Crippen molar-refractivity contribution in [3.8, 4) is 5.75 Å². The highest BCUT2D eigenvalue weighted by molar-refractivity contribution is 8.15. The minimum absolute atomic E-state index is 0.0528. The first-order chi connectivity index (χ1) is 23.7. The average Bonchev–Trinajstić information content (AvgIpc) is 3.91. The lowest BCUT2D eigenvalue weighted by Gasteiger charge is -2.43. The molecule has 3 aliphatic heterocycles. The van der Waals surface area contributed by atoms with E-state index in [4.69, 9.17) is 4.99 Å². The molecule has 0 radical (unpaired) electrons. The Balaban J connectivity index is 1.02. The third-order valence-electron chi connectivity index (χ3n) is 9.89. The van der Waals surface area contributed by atoms with Crippen LogP contribution in [-0.4, -0.2) is 103 Å². The molecule has 3 amide bonds. The summed E-state index contributed by atoms with van der Waals surface area (Å²) in [5, 5.41) is 17.4. The Labute approximate surface area is 292 Å². The minimum atomic E-state index is -0.708. The third-order valence-corrected chi connectivity index (χ3v) is 12.1. The van der Waals surface area contributed by atoms with E-state index in [0.717, 1.165) is 58.4 Å². The number of rotatable bonds is 10. The molecule has 1 spiro atoms. The Hall–Kier alpha value is -4.27. The number of phenols is 1. The van der Waals surface area contributed by atoms with E-state index in [0.29, 0.717) is 31.8 Å². The zero-order chi connectivity index (χ0) is 34.0. The molecule has 4 aromatic rings. The van der Waals surface area contributed by atoms with Gasteiger partial charge < -0.3 is 25.6 Å². The van der Waals surface area contributed by atoms with Gasteiger partial charge in [0.15, 0.2) is 0 Å². The summed E-state index contributed by atoms with van der Waals surface area (Å²) in [6.45, 7) is 5.74. The summed E-state index contributed by atoms with van der Waals surface area (Å²) in [6, 6.07) is 14.4. The number of thioether (sulfide) groups is 1. The Bertz CT molecular complexity index is 1840. The molecule has 4 N–H and O–H groups in total. The minimum Gasteiger partial charge on any atom is -0.508 e. The maximum absolute atomic E-state index is 13.7. The number of likely N-dealkylation sites (tertiary alicyclic amines) is 2. The summed E-state index contributed by atoms with van der Waals surface area (Å²) in [6.07, 6.45) is 5.22. The Morgan fingerprint density at radius 1 is 1.14 bits per heavy atom. The number of aromatic nitrogens is 3. The van der Waals surface area contributed by atoms with E-state index in [2.05, 4.69) is 54.8 Å². The van der Waals surface area contributed by atoms with Crippen LogP contribution < -0.4 is 10.6 Å². The van der Waals surface area contributed by atoms with Crippen molar-refractivity contribution < 1.29 is 19.5 Å². The van der Waals surface area contributed by atoms with Crippen molar-refractivity contribution in [2.45, 2.75) is 44.8 Å². The molecule has 3 atom stereocenters. The van der Waals surface area contributed by atoms with Crippen molar-refractivity contribution in [2.75, 3.05) is 38.5 Å². The van der Waals surface area contributed by atoms with Crippen LogP contribution in [0.4, 0.5) is 0 Å². The molecule has 2 saturated heterocycles. The molecule has 7 rings (SSSR count). The first kappa shape index (κ1) is 33.2. The van der Waals surface area contributed by atoms with Gasteiger partial charge in [-0.3, -0.25) is 24.3 Å². The van der Waals surface area contributed by atoms with Crippen LogP contribution in [0.15, 0.2) is 66.0 Å². The number of amides is 3. The van der Waals surface area contributed by atoms with E-state index in [1.807, 2.05) is 11.0 Å². The van der Waals surface area contributed by atoms with E-state index in [1.54, 1.807) is 42.5 Å². The number of phenolic OH excluding ortho intramolecular Hbond substituents is 1. The summed E-state index contributed by atoms with van der Waals surface area (Å²) in [5.74, 6) is 0.552. The number of carbonyl (C=O) groups is 3.